The van der Waals surface area contributed by atoms with E-state index in [0.29, 0.717) is 5.57 Å². The van der Waals surface area contributed by atoms with Gasteiger partial charge in [0.1, 0.15) is 0 Å². The molecule has 1 aliphatic rings. The van der Waals surface area contributed by atoms with E-state index in [0.717, 1.165) is 24.0 Å². The summed E-state index contributed by atoms with van der Waals surface area (Å²) in [6.07, 6.45) is 3.17. The molecule has 0 bridgehead atoms. The van der Waals surface area contributed by atoms with Crippen LogP contribution in [0.4, 0.5) is 0 Å². The lowest BCUT2D eigenvalue weighted by Gasteiger charge is -2.12. The summed E-state index contributed by atoms with van der Waals surface area (Å²) in [7, 11) is 0. The second kappa shape index (κ2) is 4.53. The molecule has 0 aliphatic carbocycles. The molecule has 3 heteroatoms. The molecule has 1 N–H and O–H groups in total. The summed E-state index contributed by atoms with van der Waals surface area (Å²) in [5.41, 5.74) is 3.77. The third kappa shape index (κ3) is 2.00. The van der Waals surface area contributed by atoms with Gasteiger partial charge in [0.05, 0.1) is 5.57 Å². The Labute approximate surface area is 101 Å². The van der Waals surface area contributed by atoms with Crippen molar-refractivity contribution in [3.63, 3.8) is 0 Å². The van der Waals surface area contributed by atoms with Crippen LogP contribution >= 0.6 is 0 Å². The van der Waals surface area contributed by atoms with Crippen molar-refractivity contribution >= 4 is 17.4 Å². The minimum absolute atomic E-state index is 0.294. The van der Waals surface area contributed by atoms with Crippen molar-refractivity contribution in [3.05, 3.63) is 41.0 Å². The third-order valence-electron chi connectivity index (χ3n) is 3.05. The molecule has 0 spiro atoms. The number of hydrogen-bond donors (Lipinski definition) is 1. The highest BCUT2D eigenvalue weighted by atomic mass is 16.2. The first kappa shape index (κ1) is 11.6. The average molecular weight is 229 g/mol. The largest absolute Gasteiger partial charge is 0.289 e. The van der Waals surface area contributed by atoms with E-state index in [4.69, 9.17) is 0 Å². The van der Waals surface area contributed by atoms with E-state index in [9.17, 15) is 9.59 Å². The highest BCUT2D eigenvalue weighted by Gasteiger charge is 2.24. The molecule has 0 aromatic heterocycles. The van der Waals surface area contributed by atoms with E-state index in [1.165, 1.54) is 11.6 Å². The Bertz CT molecular complexity index is 515. The van der Waals surface area contributed by atoms with Crippen molar-refractivity contribution in [1.29, 1.82) is 0 Å². The fraction of sp³-hybridized carbons (Fsp3) is 0.286. The highest BCUT2D eigenvalue weighted by molar-refractivity contribution is 6.33. The maximum absolute atomic E-state index is 11.7. The normalized spacial score (nSPS) is 14.8. The lowest BCUT2D eigenvalue weighted by molar-refractivity contribution is -0.123. The first-order chi connectivity index (χ1) is 8.17. The van der Waals surface area contributed by atoms with Crippen LogP contribution in [0.2, 0.25) is 0 Å². The molecule has 1 aliphatic heterocycles. The van der Waals surface area contributed by atoms with Gasteiger partial charge in [-0.3, -0.25) is 14.9 Å². The van der Waals surface area contributed by atoms with Crippen LogP contribution in [0.5, 0.6) is 0 Å². The Kier molecular flexibility index (Phi) is 3.09. The lowest BCUT2D eigenvalue weighted by atomic mass is 9.92. The van der Waals surface area contributed by atoms with Gasteiger partial charge in [0.25, 0.3) is 11.8 Å². The molecular formula is C14H15NO2. The van der Waals surface area contributed by atoms with Gasteiger partial charge in [-0.15, -0.1) is 0 Å². The first-order valence-electron chi connectivity index (χ1n) is 5.85. The number of hydrogen-bond acceptors (Lipinski definition) is 2. The molecule has 1 aromatic rings. The second-order valence-corrected chi connectivity index (χ2v) is 4.03. The van der Waals surface area contributed by atoms with Crippen LogP contribution in [-0.2, 0) is 22.4 Å². The lowest BCUT2D eigenvalue weighted by Crippen LogP contribution is -2.22. The zero-order valence-corrected chi connectivity index (χ0v) is 10.0. The number of imide groups is 1. The molecule has 0 saturated carbocycles. The van der Waals surface area contributed by atoms with Crippen LogP contribution in [0.1, 0.15) is 30.5 Å². The fourth-order valence-electron chi connectivity index (χ4n) is 2.25. The van der Waals surface area contributed by atoms with E-state index in [1.54, 1.807) is 0 Å². The second-order valence-electron chi connectivity index (χ2n) is 4.03. The number of carbonyl (C=O) groups excluding carboxylic acids is 2. The molecule has 0 atom stereocenters. The Hall–Kier alpha value is -1.90. The summed E-state index contributed by atoms with van der Waals surface area (Å²) in [5.74, 6) is -0.619. The fourth-order valence-corrected chi connectivity index (χ4v) is 2.25. The van der Waals surface area contributed by atoms with Crippen LogP contribution in [0.25, 0.3) is 5.57 Å². The molecule has 88 valence electrons. The predicted molar refractivity (Wildman–Crippen MR) is 66.3 cm³/mol. The Balaban J connectivity index is 2.56. The Morgan fingerprint density at radius 3 is 2.41 bits per heavy atom. The molecular weight excluding hydrogens is 214 g/mol. The topological polar surface area (TPSA) is 46.2 Å². The maximum Gasteiger partial charge on any atom is 0.258 e. The SMILES string of the molecule is CCc1cccc(C2=CC(=O)NC2=O)c1CC. The van der Waals surface area contributed by atoms with E-state index >= 15 is 0 Å². The summed E-state index contributed by atoms with van der Waals surface area (Å²) < 4.78 is 0. The van der Waals surface area contributed by atoms with Gasteiger partial charge in [0.2, 0.25) is 0 Å². The van der Waals surface area contributed by atoms with Crippen molar-refractivity contribution in [1.82, 2.24) is 5.32 Å². The van der Waals surface area contributed by atoms with Crippen LogP contribution in [-0.4, -0.2) is 11.8 Å². The molecule has 0 saturated heterocycles. The summed E-state index contributed by atoms with van der Waals surface area (Å²) >= 11 is 0. The number of rotatable bonds is 3. The molecule has 1 heterocycles. The quantitative estimate of drug-likeness (QED) is 0.804. The van der Waals surface area contributed by atoms with Gasteiger partial charge >= 0.3 is 0 Å². The van der Waals surface area contributed by atoms with Crippen LogP contribution < -0.4 is 5.32 Å². The Morgan fingerprint density at radius 2 is 1.88 bits per heavy atom. The zero-order chi connectivity index (χ0) is 12.4. The zero-order valence-electron chi connectivity index (χ0n) is 10.0. The van der Waals surface area contributed by atoms with E-state index in [1.807, 2.05) is 12.1 Å². The highest BCUT2D eigenvalue weighted by Crippen LogP contribution is 2.25. The van der Waals surface area contributed by atoms with Crippen molar-refractivity contribution < 1.29 is 9.59 Å². The molecule has 0 unspecified atom stereocenters. The van der Waals surface area contributed by atoms with Gasteiger partial charge in [-0.1, -0.05) is 32.0 Å². The summed E-state index contributed by atoms with van der Waals surface area (Å²) in [6.45, 7) is 4.15. The standard InChI is InChI=1S/C14H15NO2/c1-3-9-6-5-7-11(10(9)4-2)12-8-13(16)15-14(12)17/h5-8H,3-4H2,1-2H3,(H,15,16,17). The van der Waals surface area contributed by atoms with E-state index in [-0.39, 0.29) is 11.8 Å². The van der Waals surface area contributed by atoms with Gasteiger partial charge in [-0.05, 0) is 29.5 Å². The molecule has 0 radical (unpaired) electrons. The van der Waals surface area contributed by atoms with Crippen molar-refractivity contribution in [3.8, 4) is 0 Å². The number of nitrogens with one attached hydrogen (secondary N) is 1. The van der Waals surface area contributed by atoms with Gasteiger partial charge in [-0.2, -0.15) is 0 Å². The molecule has 1 aromatic carbocycles. The molecule has 17 heavy (non-hydrogen) atoms. The monoisotopic (exact) mass is 229 g/mol. The third-order valence-corrected chi connectivity index (χ3v) is 3.05. The van der Waals surface area contributed by atoms with Crippen molar-refractivity contribution in [2.75, 3.05) is 0 Å². The summed E-state index contributed by atoms with van der Waals surface area (Å²) in [5, 5.41) is 2.28. The van der Waals surface area contributed by atoms with Crippen LogP contribution in [0.15, 0.2) is 24.3 Å². The Morgan fingerprint density at radius 1 is 1.12 bits per heavy atom. The molecule has 2 rings (SSSR count). The van der Waals surface area contributed by atoms with E-state index in [2.05, 4.69) is 25.2 Å². The van der Waals surface area contributed by atoms with Crippen LogP contribution in [0.3, 0.4) is 0 Å². The minimum atomic E-state index is -0.325. The summed E-state index contributed by atoms with van der Waals surface area (Å²) in [6, 6.07) is 5.91. The average Bonchev–Trinajstić information content (AvgIpc) is 2.67. The summed E-state index contributed by atoms with van der Waals surface area (Å²) in [4.78, 5) is 22.8. The maximum atomic E-state index is 11.7. The van der Waals surface area contributed by atoms with Gasteiger partial charge < -0.3 is 0 Å². The van der Waals surface area contributed by atoms with E-state index < -0.39 is 0 Å². The van der Waals surface area contributed by atoms with Crippen molar-refractivity contribution in [2.45, 2.75) is 26.7 Å². The van der Waals surface area contributed by atoms with Crippen molar-refractivity contribution in [2.24, 2.45) is 0 Å². The predicted octanol–water partition coefficient (Wildman–Crippen LogP) is 1.85. The number of aryl methyl sites for hydroxylation is 1. The van der Waals surface area contributed by atoms with Gasteiger partial charge in [0, 0.05) is 6.08 Å². The van der Waals surface area contributed by atoms with Crippen LogP contribution in [0, 0.1) is 0 Å². The number of amides is 2. The smallest absolute Gasteiger partial charge is 0.258 e. The number of benzene rings is 1. The first-order valence-corrected chi connectivity index (χ1v) is 5.85. The number of carbonyl (C=O) groups is 2. The molecule has 3 nitrogen and oxygen atoms in total. The van der Waals surface area contributed by atoms with Gasteiger partial charge in [-0.25, -0.2) is 0 Å². The van der Waals surface area contributed by atoms with Gasteiger partial charge in [0.15, 0.2) is 0 Å². The molecule has 0 fully saturated rings. The minimum Gasteiger partial charge on any atom is -0.289 e. The molecule has 2 amide bonds.